The van der Waals surface area contributed by atoms with Gasteiger partial charge in [-0.25, -0.2) is 14.2 Å². The van der Waals surface area contributed by atoms with Crippen LogP contribution in [0.5, 0.6) is 5.75 Å². The summed E-state index contributed by atoms with van der Waals surface area (Å²) in [4.78, 5) is 35.8. The fourth-order valence-corrected chi connectivity index (χ4v) is 7.01. The minimum atomic E-state index is -1.12. The molecule has 10 nitrogen and oxygen atoms in total. The number of rotatable bonds is 11. The Kier molecular flexibility index (Phi) is 10.9. The number of para-hydroxylation sites is 1. The van der Waals surface area contributed by atoms with E-state index in [1.54, 1.807) is 41.4 Å². The van der Waals surface area contributed by atoms with E-state index >= 15 is 0 Å². The summed E-state index contributed by atoms with van der Waals surface area (Å²) in [5.74, 6) is -0.646. The van der Waals surface area contributed by atoms with Crippen LogP contribution in [0, 0.1) is 5.82 Å². The number of benzene rings is 3. The Hall–Kier alpha value is -4.74. The lowest BCUT2D eigenvalue weighted by Gasteiger charge is -2.41. The number of aromatic nitrogens is 2. The molecule has 2 fully saturated rings. The topological polar surface area (TPSA) is 106 Å². The standard InChI is InChI=1S/C38H43FN4O6/c1-47-26-38(46)20-11-10-18-33(38)43-27-40-34(35(43)29-14-6-3-7-15-29)36(44)42-22-21-41(37(45)49-25-28-12-4-2-5-13-28)24-30(42)19-23-48-32-17-9-8-16-31(32)39/h2-9,12-17,27,30,33,46H,10-11,18-26H2,1H3/t30-,33-,38-/m1/s1. The molecule has 6 rings (SSSR count). The molecule has 2 heterocycles. The number of amides is 2. The van der Waals surface area contributed by atoms with Gasteiger partial charge in [0.25, 0.3) is 5.91 Å². The summed E-state index contributed by atoms with van der Waals surface area (Å²) in [5.41, 5.74) is 1.44. The summed E-state index contributed by atoms with van der Waals surface area (Å²) in [7, 11) is 1.58. The first-order chi connectivity index (χ1) is 23.9. The summed E-state index contributed by atoms with van der Waals surface area (Å²) in [5, 5.41) is 11.7. The third-order valence-electron chi connectivity index (χ3n) is 9.48. The first kappa shape index (κ1) is 34.1. The fraction of sp³-hybridized carbons (Fsp3) is 0.395. The largest absolute Gasteiger partial charge is 0.490 e. The number of aliphatic hydroxyl groups is 1. The molecular weight excluding hydrogens is 627 g/mol. The molecular formula is C38H43FN4O6. The van der Waals surface area contributed by atoms with Crippen LogP contribution in [0.3, 0.4) is 0 Å². The van der Waals surface area contributed by atoms with Crippen LogP contribution in [0.15, 0.2) is 91.3 Å². The molecule has 3 aromatic carbocycles. The highest BCUT2D eigenvalue weighted by molar-refractivity contribution is 5.98. The van der Waals surface area contributed by atoms with Crippen molar-refractivity contribution < 1.29 is 33.3 Å². The van der Waals surface area contributed by atoms with E-state index in [-0.39, 0.29) is 62.8 Å². The van der Waals surface area contributed by atoms with Crippen molar-refractivity contribution in [2.24, 2.45) is 0 Å². The van der Waals surface area contributed by atoms with Crippen LogP contribution in [0.1, 0.15) is 54.2 Å². The van der Waals surface area contributed by atoms with Crippen LogP contribution >= 0.6 is 0 Å². The maximum Gasteiger partial charge on any atom is 0.410 e. The quantitative estimate of drug-likeness (QED) is 0.205. The van der Waals surface area contributed by atoms with E-state index in [0.717, 1.165) is 24.0 Å². The highest BCUT2D eigenvalue weighted by Crippen LogP contribution is 2.41. The molecule has 2 aliphatic rings. The fourth-order valence-electron chi connectivity index (χ4n) is 7.01. The molecule has 1 aliphatic carbocycles. The molecule has 11 heteroatoms. The lowest BCUT2D eigenvalue weighted by Crippen LogP contribution is -2.57. The van der Waals surface area contributed by atoms with Crippen molar-refractivity contribution in [1.82, 2.24) is 19.4 Å². The van der Waals surface area contributed by atoms with Crippen molar-refractivity contribution in [1.29, 1.82) is 0 Å². The summed E-state index contributed by atoms with van der Waals surface area (Å²) in [6.07, 6.45) is 4.61. The maximum atomic E-state index is 14.6. The summed E-state index contributed by atoms with van der Waals surface area (Å²) in [6.45, 7) is 1.13. The van der Waals surface area contributed by atoms with Gasteiger partial charge in [-0.2, -0.15) is 0 Å². The van der Waals surface area contributed by atoms with Crippen LogP contribution in [0.2, 0.25) is 0 Å². The lowest BCUT2D eigenvalue weighted by atomic mass is 9.80. The lowest BCUT2D eigenvalue weighted by molar-refractivity contribution is -0.0893. The minimum absolute atomic E-state index is 0.119. The Morgan fingerprint density at radius 1 is 0.980 bits per heavy atom. The second kappa shape index (κ2) is 15.7. The number of hydrogen-bond acceptors (Lipinski definition) is 7. The monoisotopic (exact) mass is 670 g/mol. The van der Waals surface area contributed by atoms with Gasteiger partial charge in [-0.1, -0.05) is 85.6 Å². The Morgan fingerprint density at radius 2 is 1.71 bits per heavy atom. The molecule has 1 N–H and O–H groups in total. The van der Waals surface area contributed by atoms with Crippen molar-refractivity contribution in [2.75, 3.05) is 40.0 Å². The van der Waals surface area contributed by atoms with Crippen molar-refractivity contribution in [3.05, 3.63) is 108 Å². The van der Waals surface area contributed by atoms with Gasteiger partial charge in [0.05, 0.1) is 37.3 Å². The van der Waals surface area contributed by atoms with E-state index in [1.165, 1.54) is 6.07 Å². The van der Waals surface area contributed by atoms with Crippen molar-refractivity contribution >= 4 is 12.0 Å². The molecule has 3 atom stereocenters. The highest BCUT2D eigenvalue weighted by Gasteiger charge is 2.43. The van der Waals surface area contributed by atoms with Gasteiger partial charge < -0.3 is 33.7 Å². The van der Waals surface area contributed by atoms with Crippen molar-refractivity contribution in [3.8, 4) is 17.0 Å². The van der Waals surface area contributed by atoms with Gasteiger partial charge in [-0.15, -0.1) is 0 Å². The van der Waals surface area contributed by atoms with Crippen molar-refractivity contribution in [3.63, 3.8) is 0 Å². The normalized spacial score (nSPS) is 21.0. The second-order valence-corrected chi connectivity index (χ2v) is 12.7. The molecule has 1 aliphatic heterocycles. The summed E-state index contributed by atoms with van der Waals surface area (Å²) < 4.78 is 33.2. The van der Waals surface area contributed by atoms with E-state index in [2.05, 4.69) is 0 Å². The third-order valence-corrected chi connectivity index (χ3v) is 9.48. The molecule has 258 valence electrons. The first-order valence-electron chi connectivity index (χ1n) is 16.9. The number of carbonyl (C=O) groups is 2. The number of piperazine rings is 1. The number of methoxy groups -OCH3 is 1. The molecule has 0 unspecified atom stereocenters. The zero-order valence-electron chi connectivity index (χ0n) is 27.7. The van der Waals surface area contributed by atoms with Crippen LogP contribution in [0.25, 0.3) is 11.3 Å². The maximum absolute atomic E-state index is 14.6. The number of nitrogens with zero attached hydrogens (tertiary/aromatic N) is 4. The van der Waals surface area contributed by atoms with E-state index in [4.69, 9.17) is 19.2 Å². The van der Waals surface area contributed by atoms with Gasteiger partial charge >= 0.3 is 6.09 Å². The van der Waals surface area contributed by atoms with E-state index in [9.17, 15) is 19.1 Å². The molecule has 2 amide bonds. The first-order valence-corrected chi connectivity index (χ1v) is 16.9. The molecule has 0 spiro atoms. The van der Waals surface area contributed by atoms with Crippen LogP contribution < -0.4 is 4.74 Å². The Labute approximate surface area is 286 Å². The minimum Gasteiger partial charge on any atom is -0.490 e. The van der Waals surface area contributed by atoms with Gasteiger partial charge in [0.2, 0.25) is 0 Å². The number of hydrogen-bond donors (Lipinski definition) is 1. The average Bonchev–Trinajstić information content (AvgIpc) is 3.57. The molecule has 4 aromatic rings. The van der Waals surface area contributed by atoms with Gasteiger partial charge in [0.1, 0.15) is 12.2 Å². The number of carbonyl (C=O) groups excluding carboxylic acids is 2. The molecule has 0 bridgehead atoms. The van der Waals surface area contributed by atoms with Gasteiger partial charge in [0.15, 0.2) is 17.3 Å². The van der Waals surface area contributed by atoms with Crippen LogP contribution in [-0.2, 0) is 16.1 Å². The highest BCUT2D eigenvalue weighted by atomic mass is 19.1. The van der Waals surface area contributed by atoms with E-state index in [0.29, 0.717) is 25.0 Å². The molecule has 1 saturated carbocycles. The Balaban J connectivity index is 1.28. The van der Waals surface area contributed by atoms with Gasteiger partial charge in [0, 0.05) is 38.7 Å². The predicted octanol–water partition coefficient (Wildman–Crippen LogP) is 6.11. The van der Waals surface area contributed by atoms with Gasteiger partial charge in [-0.05, 0) is 30.5 Å². The zero-order valence-corrected chi connectivity index (χ0v) is 27.7. The second-order valence-electron chi connectivity index (χ2n) is 12.7. The predicted molar refractivity (Wildman–Crippen MR) is 182 cm³/mol. The summed E-state index contributed by atoms with van der Waals surface area (Å²) >= 11 is 0. The zero-order chi connectivity index (χ0) is 34.2. The molecule has 1 saturated heterocycles. The average molecular weight is 671 g/mol. The number of ether oxygens (including phenoxy) is 3. The Bertz CT molecular complexity index is 1700. The van der Waals surface area contributed by atoms with Crippen LogP contribution in [-0.4, -0.2) is 88.1 Å². The SMILES string of the molecule is COC[C@]1(O)CCCC[C@H]1n1cnc(C(=O)N2CCN(C(=O)OCc3ccccc3)C[C@H]2CCOc2ccccc2F)c1-c1ccccc1. The summed E-state index contributed by atoms with van der Waals surface area (Å²) in [6, 6.07) is 24.4. The van der Waals surface area contributed by atoms with Gasteiger partial charge in [-0.3, -0.25) is 4.79 Å². The Morgan fingerprint density at radius 3 is 2.47 bits per heavy atom. The third kappa shape index (κ3) is 7.79. The molecule has 1 aromatic heterocycles. The molecule has 49 heavy (non-hydrogen) atoms. The van der Waals surface area contributed by atoms with Crippen molar-refractivity contribution in [2.45, 2.75) is 56.4 Å². The number of halogens is 1. The van der Waals surface area contributed by atoms with Crippen LogP contribution in [0.4, 0.5) is 9.18 Å². The molecule has 0 radical (unpaired) electrons. The van der Waals surface area contributed by atoms with E-state index in [1.807, 2.05) is 65.2 Å². The number of imidazole rings is 1. The van der Waals surface area contributed by atoms with E-state index < -0.39 is 23.6 Å². The smallest absolute Gasteiger partial charge is 0.410 e.